The van der Waals surface area contributed by atoms with Crippen molar-refractivity contribution in [1.82, 2.24) is 5.43 Å². The zero-order valence-corrected chi connectivity index (χ0v) is 14.9. The van der Waals surface area contributed by atoms with Crippen molar-refractivity contribution in [2.75, 3.05) is 12.4 Å². The molecule has 2 aromatic rings. The minimum Gasteiger partial charge on any atom is -0.507 e. The number of hydrogen-bond donors (Lipinski definition) is 3. The zero-order chi connectivity index (χ0) is 18.9. The minimum atomic E-state index is -0.524. The number of carbonyl (C=O) groups is 1. The van der Waals surface area contributed by atoms with Crippen molar-refractivity contribution in [3.63, 3.8) is 0 Å². The molecule has 6 heteroatoms. The smallest absolute Gasteiger partial charge is 0.262 e. The molecule has 0 aliphatic rings. The lowest BCUT2D eigenvalue weighted by molar-refractivity contribution is -0.121. The van der Waals surface area contributed by atoms with Crippen LogP contribution in [0.4, 0.5) is 5.69 Å². The maximum absolute atomic E-state index is 12.2. The first-order chi connectivity index (χ1) is 12.6. The quantitative estimate of drug-likeness (QED) is 0.387. The molecule has 0 heterocycles. The number of benzene rings is 2. The van der Waals surface area contributed by atoms with Crippen LogP contribution in [-0.4, -0.2) is 30.4 Å². The van der Waals surface area contributed by atoms with Gasteiger partial charge < -0.3 is 15.2 Å². The van der Waals surface area contributed by atoms with E-state index < -0.39 is 6.04 Å². The number of phenolic OH excluding ortho intramolecular Hbond substituents is 1. The lowest BCUT2D eigenvalue weighted by atomic mass is 10.1. The van der Waals surface area contributed by atoms with Crippen LogP contribution in [0.1, 0.15) is 18.1 Å². The van der Waals surface area contributed by atoms with Gasteiger partial charge in [-0.2, -0.15) is 5.10 Å². The molecule has 26 heavy (non-hydrogen) atoms. The van der Waals surface area contributed by atoms with Crippen LogP contribution in [0, 0.1) is 0 Å². The number of phenols is 1. The van der Waals surface area contributed by atoms with Gasteiger partial charge in [-0.1, -0.05) is 30.3 Å². The number of ether oxygens (including phenoxy) is 1. The Labute approximate surface area is 153 Å². The van der Waals surface area contributed by atoms with Crippen LogP contribution in [0.25, 0.3) is 0 Å². The number of amides is 1. The van der Waals surface area contributed by atoms with Gasteiger partial charge in [0.25, 0.3) is 5.91 Å². The van der Waals surface area contributed by atoms with E-state index in [-0.39, 0.29) is 11.7 Å². The van der Waals surface area contributed by atoms with Gasteiger partial charge in [-0.25, -0.2) is 5.43 Å². The maximum atomic E-state index is 12.2. The highest BCUT2D eigenvalue weighted by molar-refractivity contribution is 5.88. The summed E-state index contributed by atoms with van der Waals surface area (Å²) in [6, 6.07) is 12.2. The van der Waals surface area contributed by atoms with Crippen LogP contribution in [-0.2, 0) is 11.2 Å². The predicted molar refractivity (Wildman–Crippen MR) is 104 cm³/mol. The van der Waals surface area contributed by atoms with Gasteiger partial charge in [0.15, 0.2) is 0 Å². The van der Waals surface area contributed by atoms with E-state index in [9.17, 15) is 9.90 Å². The fourth-order valence-electron chi connectivity index (χ4n) is 2.36. The van der Waals surface area contributed by atoms with Gasteiger partial charge in [0, 0.05) is 5.56 Å². The minimum absolute atomic E-state index is 0.130. The molecule has 0 spiro atoms. The number of methoxy groups -OCH3 is 1. The number of nitrogens with one attached hydrogen (secondary N) is 2. The standard InChI is InChI=1S/C20H23N3O3/c1-4-8-15-9-7-10-16(19(15)24)13-21-23-20(25)14(2)22-17-11-5-6-12-18(17)26-3/h4-7,9-14,22,24H,1,8H2,2-3H3,(H,23,25)/b21-13+. The van der Waals surface area contributed by atoms with E-state index in [2.05, 4.69) is 22.4 Å². The molecule has 0 aliphatic carbocycles. The number of anilines is 1. The zero-order valence-electron chi connectivity index (χ0n) is 14.9. The van der Waals surface area contributed by atoms with E-state index in [0.717, 1.165) is 11.3 Å². The van der Waals surface area contributed by atoms with Crippen molar-refractivity contribution in [2.24, 2.45) is 5.10 Å². The largest absolute Gasteiger partial charge is 0.507 e. The van der Waals surface area contributed by atoms with Crippen LogP contribution < -0.4 is 15.5 Å². The van der Waals surface area contributed by atoms with Crippen molar-refractivity contribution < 1.29 is 14.6 Å². The number of hydrogen-bond acceptors (Lipinski definition) is 5. The van der Waals surface area contributed by atoms with Gasteiger partial charge in [0.2, 0.25) is 0 Å². The number of hydrazone groups is 1. The third-order valence-corrected chi connectivity index (χ3v) is 3.77. The highest BCUT2D eigenvalue weighted by Gasteiger charge is 2.13. The second-order valence-electron chi connectivity index (χ2n) is 5.65. The van der Waals surface area contributed by atoms with Gasteiger partial charge in [-0.15, -0.1) is 6.58 Å². The molecule has 3 N–H and O–H groups in total. The lowest BCUT2D eigenvalue weighted by Crippen LogP contribution is -2.35. The Kier molecular flexibility index (Phi) is 6.79. The van der Waals surface area contributed by atoms with E-state index in [0.29, 0.717) is 17.7 Å². The van der Waals surface area contributed by atoms with Gasteiger partial charge in [0.05, 0.1) is 19.0 Å². The summed E-state index contributed by atoms with van der Waals surface area (Å²) in [4.78, 5) is 12.2. The molecule has 6 nitrogen and oxygen atoms in total. The summed E-state index contributed by atoms with van der Waals surface area (Å²) in [5.74, 6) is 0.471. The molecular weight excluding hydrogens is 330 g/mol. The number of para-hydroxylation sites is 3. The molecule has 0 saturated carbocycles. The Balaban J connectivity index is 1.98. The second kappa shape index (κ2) is 9.27. The Morgan fingerprint density at radius 2 is 2.08 bits per heavy atom. The molecule has 136 valence electrons. The third-order valence-electron chi connectivity index (χ3n) is 3.77. The van der Waals surface area contributed by atoms with Crippen LogP contribution in [0.15, 0.2) is 60.2 Å². The summed E-state index contributed by atoms with van der Waals surface area (Å²) in [5.41, 5.74) is 4.46. The highest BCUT2D eigenvalue weighted by Crippen LogP contribution is 2.24. The van der Waals surface area contributed by atoms with Gasteiger partial charge in [-0.05, 0) is 37.1 Å². The normalized spacial score (nSPS) is 11.8. The summed E-state index contributed by atoms with van der Waals surface area (Å²) in [6.45, 7) is 5.38. The van der Waals surface area contributed by atoms with E-state index in [1.807, 2.05) is 36.4 Å². The summed E-state index contributed by atoms with van der Waals surface area (Å²) in [5, 5.41) is 17.2. The monoisotopic (exact) mass is 353 g/mol. The van der Waals surface area contributed by atoms with Gasteiger partial charge in [-0.3, -0.25) is 4.79 Å². The number of allylic oxidation sites excluding steroid dienone is 1. The van der Waals surface area contributed by atoms with E-state index in [4.69, 9.17) is 4.74 Å². The Bertz CT molecular complexity index is 803. The summed E-state index contributed by atoms with van der Waals surface area (Å²) in [7, 11) is 1.57. The van der Waals surface area contributed by atoms with Crippen molar-refractivity contribution in [3.05, 3.63) is 66.2 Å². The maximum Gasteiger partial charge on any atom is 0.262 e. The number of nitrogens with zero attached hydrogens (tertiary/aromatic N) is 1. The van der Waals surface area contributed by atoms with Crippen molar-refractivity contribution in [2.45, 2.75) is 19.4 Å². The molecule has 2 rings (SSSR count). The van der Waals surface area contributed by atoms with Crippen LogP contribution in [0.3, 0.4) is 0 Å². The number of carbonyl (C=O) groups excluding carboxylic acids is 1. The first-order valence-corrected chi connectivity index (χ1v) is 8.21. The molecule has 1 unspecified atom stereocenters. The molecule has 0 saturated heterocycles. The Morgan fingerprint density at radius 1 is 1.31 bits per heavy atom. The molecule has 1 amide bonds. The topological polar surface area (TPSA) is 83.0 Å². The average molecular weight is 353 g/mol. The number of aromatic hydroxyl groups is 1. The first kappa shape index (κ1) is 19.1. The van der Waals surface area contributed by atoms with Crippen molar-refractivity contribution in [1.29, 1.82) is 0 Å². The van der Waals surface area contributed by atoms with Gasteiger partial charge in [0.1, 0.15) is 17.5 Å². The van der Waals surface area contributed by atoms with Crippen molar-refractivity contribution >= 4 is 17.8 Å². The van der Waals surface area contributed by atoms with Crippen LogP contribution >= 0.6 is 0 Å². The Hall–Kier alpha value is -3.28. The van der Waals surface area contributed by atoms with E-state index >= 15 is 0 Å². The molecular formula is C20H23N3O3. The summed E-state index contributed by atoms with van der Waals surface area (Å²) < 4.78 is 5.25. The van der Waals surface area contributed by atoms with E-state index in [1.165, 1.54) is 6.21 Å². The fourth-order valence-corrected chi connectivity index (χ4v) is 2.36. The molecule has 1 atom stereocenters. The van der Waals surface area contributed by atoms with Crippen molar-refractivity contribution in [3.8, 4) is 11.5 Å². The Morgan fingerprint density at radius 3 is 2.81 bits per heavy atom. The predicted octanol–water partition coefficient (Wildman–Crippen LogP) is 3.08. The molecule has 0 aliphatic heterocycles. The van der Waals surface area contributed by atoms with E-state index in [1.54, 1.807) is 26.2 Å². The highest BCUT2D eigenvalue weighted by atomic mass is 16.5. The first-order valence-electron chi connectivity index (χ1n) is 8.21. The summed E-state index contributed by atoms with van der Waals surface area (Å²) >= 11 is 0. The van der Waals surface area contributed by atoms with Gasteiger partial charge >= 0.3 is 0 Å². The second-order valence-corrected chi connectivity index (χ2v) is 5.65. The molecule has 0 radical (unpaired) electrons. The number of rotatable bonds is 8. The molecule has 0 aromatic heterocycles. The third kappa shape index (κ3) is 4.86. The molecule has 0 bridgehead atoms. The summed E-state index contributed by atoms with van der Waals surface area (Å²) in [6.07, 6.45) is 3.68. The SMILES string of the molecule is C=CCc1cccc(/C=N/NC(=O)C(C)Nc2ccccc2OC)c1O. The molecule has 0 fully saturated rings. The lowest BCUT2D eigenvalue weighted by Gasteiger charge is -2.15. The molecule has 2 aromatic carbocycles. The van der Waals surface area contributed by atoms with Crippen LogP contribution in [0.5, 0.6) is 11.5 Å². The fraction of sp³-hybridized carbons (Fsp3) is 0.200. The van der Waals surface area contributed by atoms with Crippen LogP contribution in [0.2, 0.25) is 0 Å². The average Bonchev–Trinajstić information content (AvgIpc) is 2.65.